The minimum absolute atomic E-state index is 0.00443. The molecule has 226 valence electrons. The lowest BCUT2D eigenvalue weighted by Crippen LogP contribution is -2.53. The molecular formula is C23H19F6N5O7S. The number of alkyl halides is 6. The van der Waals surface area contributed by atoms with E-state index in [4.69, 9.17) is 9.47 Å². The number of rotatable bonds is 6. The van der Waals surface area contributed by atoms with Gasteiger partial charge in [0.1, 0.15) is 22.8 Å². The van der Waals surface area contributed by atoms with Crippen LogP contribution >= 0.6 is 0 Å². The lowest BCUT2D eigenvalue weighted by molar-refractivity contribution is -0.155. The van der Waals surface area contributed by atoms with Crippen molar-refractivity contribution in [1.82, 2.24) is 20.3 Å². The van der Waals surface area contributed by atoms with Gasteiger partial charge >= 0.3 is 12.4 Å². The maximum atomic E-state index is 13.5. The van der Waals surface area contributed by atoms with Gasteiger partial charge in [-0.3, -0.25) is 9.59 Å². The van der Waals surface area contributed by atoms with Crippen molar-refractivity contribution < 1.29 is 58.3 Å². The van der Waals surface area contributed by atoms with E-state index in [0.717, 1.165) is 10.9 Å². The number of hydrogen-bond donors (Lipinski definition) is 2. The topological polar surface area (TPSA) is 155 Å². The first-order chi connectivity index (χ1) is 19.4. The van der Waals surface area contributed by atoms with Crippen molar-refractivity contribution in [2.45, 2.75) is 30.7 Å². The summed E-state index contributed by atoms with van der Waals surface area (Å²) in [6.45, 7) is -1.53. The molecule has 2 aliphatic rings. The van der Waals surface area contributed by atoms with Crippen LogP contribution in [0.4, 0.5) is 32.2 Å². The summed E-state index contributed by atoms with van der Waals surface area (Å²) in [5.41, 5.74) is -1.12. The molecule has 1 aromatic carbocycles. The third-order valence-electron chi connectivity index (χ3n) is 6.31. The maximum Gasteiger partial charge on any atom is 0.452 e. The van der Waals surface area contributed by atoms with Gasteiger partial charge in [-0.1, -0.05) is 5.16 Å². The van der Waals surface area contributed by atoms with E-state index in [9.17, 15) is 44.3 Å². The summed E-state index contributed by atoms with van der Waals surface area (Å²) in [6.07, 6.45) is -8.65. The molecule has 5 rings (SSSR count). The van der Waals surface area contributed by atoms with Crippen molar-refractivity contribution in [1.29, 1.82) is 0 Å². The van der Waals surface area contributed by atoms with E-state index < -0.39 is 69.3 Å². The van der Waals surface area contributed by atoms with E-state index in [0.29, 0.717) is 11.6 Å². The number of hydrogen-bond acceptors (Lipinski definition) is 9. The first-order valence-corrected chi connectivity index (χ1v) is 13.9. The van der Waals surface area contributed by atoms with Crippen molar-refractivity contribution in [3.8, 4) is 17.3 Å². The fraction of sp³-hybridized carbons (Fsp3) is 0.391. The number of halogens is 6. The Balaban J connectivity index is 1.55. The van der Waals surface area contributed by atoms with Crippen molar-refractivity contribution in [2.75, 3.05) is 30.5 Å². The number of nitrogens with zero attached hydrogens (tertiary/aromatic N) is 3. The van der Waals surface area contributed by atoms with Crippen molar-refractivity contribution >= 4 is 27.5 Å². The second kappa shape index (κ2) is 9.92. The molecule has 42 heavy (non-hydrogen) atoms. The normalized spacial score (nSPS) is 18.6. The number of benzene rings is 1. The Morgan fingerprint density at radius 1 is 1.21 bits per heavy atom. The Hall–Kier alpha value is -4.29. The number of fused-ring (bicyclic) bond motifs is 3. The van der Waals surface area contributed by atoms with Crippen molar-refractivity contribution in [2.24, 2.45) is 0 Å². The highest BCUT2D eigenvalue weighted by atomic mass is 32.2. The van der Waals surface area contributed by atoms with Gasteiger partial charge < -0.3 is 24.6 Å². The number of sulfone groups is 1. The lowest BCUT2D eigenvalue weighted by Gasteiger charge is -2.41. The summed E-state index contributed by atoms with van der Waals surface area (Å²) in [5.74, 6) is -5.46. The van der Waals surface area contributed by atoms with Crippen LogP contribution in [0.5, 0.6) is 11.5 Å². The van der Waals surface area contributed by atoms with Crippen LogP contribution in [0.2, 0.25) is 0 Å². The van der Waals surface area contributed by atoms with Gasteiger partial charge in [-0.25, -0.2) is 8.42 Å². The highest BCUT2D eigenvalue weighted by molar-refractivity contribution is 7.91. The quantitative estimate of drug-likeness (QED) is 0.395. The molecule has 2 aliphatic heterocycles. The highest BCUT2D eigenvalue weighted by Gasteiger charge is 2.47. The zero-order valence-electron chi connectivity index (χ0n) is 21.2. The van der Waals surface area contributed by atoms with Crippen LogP contribution in [0.3, 0.4) is 0 Å². The second-order valence-corrected chi connectivity index (χ2v) is 11.8. The molecule has 2 amide bonds. The van der Waals surface area contributed by atoms with Crippen LogP contribution in [-0.2, 0) is 32.8 Å². The molecule has 0 unspecified atom stereocenters. The molecule has 0 fully saturated rings. The van der Waals surface area contributed by atoms with Gasteiger partial charge in [0, 0.05) is 36.8 Å². The van der Waals surface area contributed by atoms with Gasteiger partial charge in [-0.15, -0.1) is 0 Å². The Kier molecular flexibility index (Phi) is 6.90. The second-order valence-electron chi connectivity index (χ2n) is 9.62. The Bertz CT molecular complexity index is 1680. The van der Waals surface area contributed by atoms with E-state index in [2.05, 4.69) is 25.4 Å². The van der Waals surface area contributed by atoms with Gasteiger partial charge in [-0.2, -0.15) is 36.1 Å². The predicted molar refractivity (Wildman–Crippen MR) is 128 cm³/mol. The monoisotopic (exact) mass is 623 g/mol. The van der Waals surface area contributed by atoms with Crippen LogP contribution < -0.4 is 20.1 Å². The largest absolute Gasteiger partial charge is 0.493 e. The summed E-state index contributed by atoms with van der Waals surface area (Å²) in [5, 5.41) is 12.6. The Morgan fingerprint density at radius 3 is 2.60 bits per heavy atom. The molecular weight excluding hydrogens is 604 g/mol. The fourth-order valence-corrected chi connectivity index (χ4v) is 5.23. The number of carbonyl (C=O) groups excluding carboxylic acids is 2. The van der Waals surface area contributed by atoms with E-state index in [-0.39, 0.29) is 42.2 Å². The third-order valence-corrected chi connectivity index (χ3v) is 7.10. The van der Waals surface area contributed by atoms with Gasteiger partial charge in [0.25, 0.3) is 5.91 Å². The zero-order valence-corrected chi connectivity index (χ0v) is 22.0. The SMILES string of the molecule is CS(=O)(=O)CC(=O)Nc1c2c(nn1-c1cc(C(F)(F)F)on1)C[C@]1(CCOc3cc(OCC(F)(F)F)ccc31)NC2=O. The molecule has 19 heteroatoms. The molecule has 0 bridgehead atoms. The first kappa shape index (κ1) is 29.2. The average Bonchev–Trinajstić information content (AvgIpc) is 3.47. The van der Waals surface area contributed by atoms with E-state index in [1.807, 2.05) is 0 Å². The van der Waals surface area contributed by atoms with Gasteiger partial charge in [-0.05, 0) is 12.1 Å². The van der Waals surface area contributed by atoms with E-state index in [1.165, 1.54) is 18.2 Å². The van der Waals surface area contributed by atoms with E-state index >= 15 is 0 Å². The molecule has 0 aliphatic carbocycles. The smallest absolute Gasteiger partial charge is 0.452 e. The predicted octanol–water partition coefficient (Wildman–Crippen LogP) is 2.77. The number of carbonyl (C=O) groups is 2. The number of amides is 2. The summed E-state index contributed by atoms with van der Waals surface area (Å²) >= 11 is 0. The fourth-order valence-electron chi connectivity index (χ4n) is 4.68. The minimum atomic E-state index is -4.92. The lowest BCUT2D eigenvalue weighted by atomic mass is 9.77. The number of aromatic nitrogens is 3. The number of nitrogens with one attached hydrogen (secondary N) is 2. The average molecular weight is 623 g/mol. The molecule has 3 aromatic rings. The first-order valence-electron chi connectivity index (χ1n) is 11.9. The van der Waals surface area contributed by atoms with Gasteiger partial charge in [0.05, 0.1) is 17.8 Å². The summed E-state index contributed by atoms with van der Waals surface area (Å²) in [7, 11) is -3.84. The highest BCUT2D eigenvalue weighted by Crippen LogP contribution is 2.45. The Labute approximate surface area is 231 Å². The summed E-state index contributed by atoms with van der Waals surface area (Å²) in [6, 6.07) is 4.37. The van der Waals surface area contributed by atoms with Crippen LogP contribution in [0.1, 0.15) is 33.8 Å². The molecule has 0 saturated heterocycles. The van der Waals surface area contributed by atoms with Crippen LogP contribution in [0, 0.1) is 0 Å². The summed E-state index contributed by atoms with van der Waals surface area (Å²) < 4.78 is 116. The van der Waals surface area contributed by atoms with E-state index in [1.54, 1.807) is 0 Å². The molecule has 1 atom stereocenters. The Morgan fingerprint density at radius 2 is 1.95 bits per heavy atom. The van der Waals surface area contributed by atoms with Crippen LogP contribution in [0.25, 0.3) is 5.82 Å². The molecule has 4 heterocycles. The molecule has 0 saturated carbocycles. The standard InChI is InChI=1S/C23H19F6N5O7S/c1-42(37,38)9-17(35)30-19-18-13(32-34(19)16-7-15(41-33-16)23(27,28)29)8-21(31-20(18)36)4-5-39-14-6-11(2-3-12(14)21)40-10-22(24,25)26/h2-3,6-7H,4-5,8-10H2,1H3,(H,30,35)(H,31,36)/t21-/m0/s1. The summed E-state index contributed by atoms with van der Waals surface area (Å²) in [4.78, 5) is 26.0. The maximum absolute atomic E-state index is 13.5. The molecule has 2 aromatic heterocycles. The van der Waals surface area contributed by atoms with Gasteiger partial charge in [0.2, 0.25) is 11.7 Å². The van der Waals surface area contributed by atoms with Crippen LogP contribution in [0.15, 0.2) is 28.8 Å². The molecule has 1 spiro atoms. The van der Waals surface area contributed by atoms with Crippen LogP contribution in [-0.4, -0.2) is 66.6 Å². The van der Waals surface area contributed by atoms with Gasteiger partial charge in [0.15, 0.2) is 28.1 Å². The number of anilines is 1. The number of ether oxygens (including phenoxy) is 2. The van der Waals surface area contributed by atoms with Crippen molar-refractivity contribution in [3.05, 3.63) is 46.8 Å². The zero-order chi connectivity index (χ0) is 30.7. The third kappa shape index (κ3) is 5.86. The molecule has 0 radical (unpaired) electrons. The van der Waals surface area contributed by atoms with Crippen molar-refractivity contribution in [3.63, 3.8) is 0 Å². The molecule has 12 nitrogen and oxygen atoms in total. The molecule has 2 N–H and O–H groups in total. The minimum Gasteiger partial charge on any atom is -0.493 e.